The Morgan fingerprint density at radius 3 is 2.86 bits per heavy atom. The summed E-state index contributed by atoms with van der Waals surface area (Å²) >= 11 is 1.36. The number of thiazole rings is 1. The van der Waals surface area contributed by atoms with E-state index in [1.807, 2.05) is 30.5 Å². The average molecular weight is 415 g/mol. The largest absolute Gasteiger partial charge is 0.464 e. The van der Waals surface area contributed by atoms with Gasteiger partial charge in [-0.3, -0.25) is 4.79 Å². The number of carbonyl (C=O) groups is 2. The van der Waals surface area contributed by atoms with Gasteiger partial charge in [-0.1, -0.05) is 31.5 Å². The fourth-order valence-corrected chi connectivity index (χ4v) is 4.02. The van der Waals surface area contributed by atoms with Crippen LogP contribution in [-0.4, -0.2) is 34.5 Å². The molecule has 8 heteroatoms. The Balaban J connectivity index is 1.77. The number of nitrogens with one attached hydrogen (secondary N) is 2. The first-order valence-electron chi connectivity index (χ1n) is 9.77. The van der Waals surface area contributed by atoms with Gasteiger partial charge in [0, 0.05) is 28.9 Å². The Morgan fingerprint density at radius 1 is 1.31 bits per heavy atom. The molecular formula is C21H26N4O3S. The summed E-state index contributed by atoms with van der Waals surface area (Å²) in [4.78, 5) is 32.8. The number of esters is 1. The van der Waals surface area contributed by atoms with E-state index in [4.69, 9.17) is 10.5 Å². The zero-order chi connectivity index (χ0) is 20.8. The van der Waals surface area contributed by atoms with Crippen molar-refractivity contribution in [3.63, 3.8) is 0 Å². The third-order valence-electron chi connectivity index (χ3n) is 4.65. The number of amides is 1. The minimum Gasteiger partial charge on any atom is -0.464 e. The Labute approximate surface area is 173 Å². The van der Waals surface area contributed by atoms with Crippen LogP contribution in [0.4, 0.5) is 0 Å². The van der Waals surface area contributed by atoms with Crippen molar-refractivity contribution in [2.75, 3.05) is 6.61 Å². The van der Waals surface area contributed by atoms with Gasteiger partial charge in [0.25, 0.3) is 5.91 Å². The average Bonchev–Trinajstić information content (AvgIpc) is 3.36. The number of nitrogens with zero attached hydrogens (tertiary/aromatic N) is 1. The second-order valence-corrected chi connectivity index (χ2v) is 7.70. The van der Waals surface area contributed by atoms with E-state index in [1.54, 1.807) is 12.3 Å². The molecule has 7 nitrogen and oxygen atoms in total. The van der Waals surface area contributed by atoms with Crippen LogP contribution in [0.2, 0.25) is 0 Å². The molecular weight excluding hydrogens is 388 g/mol. The summed E-state index contributed by atoms with van der Waals surface area (Å²) < 4.78 is 5.18. The quantitative estimate of drug-likeness (QED) is 0.465. The lowest BCUT2D eigenvalue weighted by Crippen LogP contribution is -2.43. The number of carbonyl (C=O) groups excluding carboxylic acids is 2. The first-order valence-corrected chi connectivity index (χ1v) is 10.6. The van der Waals surface area contributed by atoms with Gasteiger partial charge in [0.15, 0.2) is 0 Å². The minimum absolute atomic E-state index is 0.182. The van der Waals surface area contributed by atoms with E-state index in [1.165, 1.54) is 11.3 Å². The molecule has 0 spiro atoms. The van der Waals surface area contributed by atoms with E-state index in [2.05, 4.69) is 22.2 Å². The van der Waals surface area contributed by atoms with Crippen LogP contribution in [0.1, 0.15) is 53.8 Å². The molecule has 3 aromatic rings. The number of nitrogens with two attached hydrogens (primary N) is 1. The standard InChI is InChI=1S/C21H26N4O3S/c1-3-7-15(22)20-25-18(12-29-20)19(26)24-17(21(27)28-4-2)10-13-11-23-16-9-6-5-8-14(13)16/h5-6,8-9,11-12,15,17,23H,3-4,7,10,22H2,1-2H3,(H,24,26). The van der Waals surface area contributed by atoms with Crippen LogP contribution in [0.3, 0.4) is 0 Å². The van der Waals surface area contributed by atoms with Gasteiger partial charge in [-0.25, -0.2) is 9.78 Å². The van der Waals surface area contributed by atoms with Crippen LogP contribution >= 0.6 is 11.3 Å². The predicted molar refractivity (Wildman–Crippen MR) is 114 cm³/mol. The van der Waals surface area contributed by atoms with Gasteiger partial charge in [0.2, 0.25) is 0 Å². The highest BCUT2D eigenvalue weighted by atomic mass is 32.1. The fourth-order valence-electron chi connectivity index (χ4n) is 3.19. The van der Waals surface area contributed by atoms with Crippen LogP contribution in [-0.2, 0) is 16.0 Å². The monoisotopic (exact) mass is 414 g/mol. The van der Waals surface area contributed by atoms with Crippen molar-refractivity contribution in [2.45, 2.75) is 45.2 Å². The highest BCUT2D eigenvalue weighted by Gasteiger charge is 2.25. The van der Waals surface area contributed by atoms with Crippen molar-refractivity contribution < 1.29 is 14.3 Å². The molecule has 0 radical (unpaired) electrons. The normalized spacial score (nSPS) is 13.2. The highest BCUT2D eigenvalue weighted by Crippen LogP contribution is 2.21. The molecule has 0 fully saturated rings. The van der Waals surface area contributed by atoms with E-state index in [0.717, 1.165) is 34.3 Å². The van der Waals surface area contributed by atoms with E-state index in [9.17, 15) is 9.59 Å². The first-order chi connectivity index (χ1) is 14.0. The lowest BCUT2D eigenvalue weighted by Gasteiger charge is -2.16. The van der Waals surface area contributed by atoms with Gasteiger partial charge >= 0.3 is 5.97 Å². The third kappa shape index (κ3) is 5.02. The molecule has 29 heavy (non-hydrogen) atoms. The number of rotatable bonds is 9. The van der Waals surface area contributed by atoms with Crippen molar-refractivity contribution >= 4 is 34.1 Å². The smallest absolute Gasteiger partial charge is 0.328 e. The molecule has 4 N–H and O–H groups in total. The van der Waals surface area contributed by atoms with Gasteiger partial charge in [-0.15, -0.1) is 11.3 Å². The van der Waals surface area contributed by atoms with E-state index in [0.29, 0.717) is 6.42 Å². The maximum atomic E-state index is 12.7. The molecule has 2 unspecified atom stereocenters. The maximum Gasteiger partial charge on any atom is 0.328 e. The number of H-pyrrole nitrogens is 1. The van der Waals surface area contributed by atoms with Crippen LogP contribution in [0.15, 0.2) is 35.8 Å². The number of benzene rings is 1. The van der Waals surface area contributed by atoms with Gasteiger partial charge in [0.05, 0.1) is 12.6 Å². The van der Waals surface area contributed by atoms with Crippen molar-refractivity contribution in [2.24, 2.45) is 5.73 Å². The van der Waals surface area contributed by atoms with E-state index >= 15 is 0 Å². The second-order valence-electron chi connectivity index (χ2n) is 6.81. The third-order valence-corrected chi connectivity index (χ3v) is 5.62. The Bertz CT molecular complexity index is 981. The van der Waals surface area contributed by atoms with E-state index in [-0.39, 0.29) is 18.3 Å². The number of aromatic nitrogens is 2. The second kappa shape index (κ2) is 9.67. The number of hydrogen-bond donors (Lipinski definition) is 3. The van der Waals surface area contributed by atoms with E-state index < -0.39 is 17.9 Å². The number of fused-ring (bicyclic) bond motifs is 1. The lowest BCUT2D eigenvalue weighted by atomic mass is 10.0. The number of para-hydroxylation sites is 1. The first kappa shape index (κ1) is 21.0. The van der Waals surface area contributed by atoms with Crippen molar-refractivity contribution in [3.8, 4) is 0 Å². The van der Waals surface area contributed by atoms with Crippen molar-refractivity contribution in [1.82, 2.24) is 15.3 Å². The molecule has 1 aromatic carbocycles. The summed E-state index contributed by atoms with van der Waals surface area (Å²) in [6.07, 6.45) is 3.92. The molecule has 0 saturated carbocycles. The lowest BCUT2D eigenvalue weighted by molar-refractivity contribution is -0.145. The van der Waals surface area contributed by atoms with Crippen LogP contribution in [0.5, 0.6) is 0 Å². The summed E-state index contributed by atoms with van der Waals surface area (Å²) in [7, 11) is 0. The molecule has 0 aliphatic carbocycles. The topological polar surface area (TPSA) is 110 Å². The molecule has 2 heterocycles. The fraction of sp³-hybridized carbons (Fsp3) is 0.381. The van der Waals surface area contributed by atoms with Crippen LogP contribution < -0.4 is 11.1 Å². The molecule has 0 aliphatic heterocycles. The van der Waals surface area contributed by atoms with Gasteiger partial charge < -0.3 is 20.8 Å². The van der Waals surface area contributed by atoms with Gasteiger partial charge in [-0.2, -0.15) is 0 Å². The summed E-state index contributed by atoms with van der Waals surface area (Å²) in [5, 5.41) is 6.19. The molecule has 154 valence electrons. The molecule has 3 rings (SSSR count). The summed E-state index contributed by atoms with van der Waals surface area (Å²) in [6, 6.07) is 6.83. The zero-order valence-corrected chi connectivity index (χ0v) is 17.4. The maximum absolute atomic E-state index is 12.7. The molecule has 0 saturated heterocycles. The number of hydrogen-bond acceptors (Lipinski definition) is 6. The van der Waals surface area contributed by atoms with Crippen molar-refractivity contribution in [3.05, 3.63) is 52.1 Å². The van der Waals surface area contributed by atoms with Gasteiger partial charge in [0.1, 0.15) is 16.7 Å². The van der Waals surface area contributed by atoms with Crippen molar-refractivity contribution in [1.29, 1.82) is 0 Å². The predicted octanol–water partition coefficient (Wildman–Crippen LogP) is 3.33. The molecule has 0 aliphatic rings. The highest BCUT2D eigenvalue weighted by molar-refractivity contribution is 7.09. The minimum atomic E-state index is -0.809. The number of ether oxygens (including phenoxy) is 1. The Hall–Kier alpha value is -2.71. The SMILES string of the molecule is CCCC(N)c1nc(C(=O)NC(Cc2c[nH]c3ccccc23)C(=O)OCC)cs1. The number of aromatic amines is 1. The van der Waals surface area contributed by atoms with Crippen LogP contribution in [0, 0.1) is 0 Å². The molecule has 2 aromatic heterocycles. The van der Waals surface area contributed by atoms with Gasteiger partial charge in [-0.05, 0) is 25.0 Å². The summed E-state index contributed by atoms with van der Waals surface area (Å²) in [5.41, 5.74) is 8.27. The molecule has 1 amide bonds. The molecule has 0 bridgehead atoms. The molecule has 2 atom stereocenters. The Kier molecular flexibility index (Phi) is 7.00. The summed E-state index contributed by atoms with van der Waals surface area (Å²) in [5.74, 6) is -0.877. The van der Waals surface area contributed by atoms with Crippen LogP contribution in [0.25, 0.3) is 10.9 Å². The summed E-state index contributed by atoms with van der Waals surface area (Å²) in [6.45, 7) is 4.03. The Morgan fingerprint density at radius 2 is 2.10 bits per heavy atom. The zero-order valence-electron chi connectivity index (χ0n) is 16.6.